The molecule has 0 spiro atoms. The number of carbonyl (C=O) groups excluding carboxylic acids is 1. The molecular formula is C22H26N2O3S. The topological polar surface area (TPSA) is 54.7 Å². The highest BCUT2D eigenvalue weighted by molar-refractivity contribution is 7.09. The summed E-state index contributed by atoms with van der Waals surface area (Å²) in [5.41, 5.74) is 1.15. The highest BCUT2D eigenvalue weighted by atomic mass is 32.1. The summed E-state index contributed by atoms with van der Waals surface area (Å²) in [5, 5.41) is 5.03. The number of amides is 1. The fourth-order valence-electron chi connectivity index (χ4n) is 3.02. The third kappa shape index (κ3) is 5.97. The van der Waals surface area contributed by atoms with E-state index in [1.165, 1.54) is 4.88 Å². The van der Waals surface area contributed by atoms with Crippen LogP contribution < -0.4 is 10.1 Å². The summed E-state index contributed by atoms with van der Waals surface area (Å²) in [7, 11) is 1.66. The van der Waals surface area contributed by atoms with E-state index < -0.39 is 0 Å². The van der Waals surface area contributed by atoms with Crippen LogP contribution in [-0.4, -0.2) is 30.5 Å². The number of methoxy groups -OCH3 is 1. The predicted molar refractivity (Wildman–Crippen MR) is 111 cm³/mol. The van der Waals surface area contributed by atoms with E-state index in [1.807, 2.05) is 36.4 Å². The van der Waals surface area contributed by atoms with E-state index in [-0.39, 0.29) is 11.9 Å². The molecule has 5 nitrogen and oxygen atoms in total. The Morgan fingerprint density at radius 3 is 2.68 bits per heavy atom. The summed E-state index contributed by atoms with van der Waals surface area (Å²) < 4.78 is 10.5. The monoisotopic (exact) mass is 398 g/mol. The fourth-order valence-corrected chi connectivity index (χ4v) is 3.85. The van der Waals surface area contributed by atoms with Crippen LogP contribution in [0.2, 0.25) is 0 Å². The molecule has 6 heteroatoms. The Morgan fingerprint density at radius 1 is 1.21 bits per heavy atom. The Hall–Kier alpha value is -2.57. The van der Waals surface area contributed by atoms with Crippen LogP contribution in [0.25, 0.3) is 0 Å². The van der Waals surface area contributed by atoms with Gasteiger partial charge in [0.15, 0.2) is 0 Å². The molecular weight excluding hydrogens is 372 g/mol. The lowest BCUT2D eigenvalue weighted by molar-refractivity contribution is -0.123. The van der Waals surface area contributed by atoms with Crippen molar-refractivity contribution in [1.82, 2.24) is 10.2 Å². The van der Waals surface area contributed by atoms with Gasteiger partial charge in [-0.15, -0.1) is 11.3 Å². The van der Waals surface area contributed by atoms with E-state index in [9.17, 15) is 4.79 Å². The van der Waals surface area contributed by atoms with E-state index in [0.717, 1.165) is 23.5 Å². The Bertz CT molecular complexity index is 829. The Balaban J connectivity index is 1.64. The third-order valence-corrected chi connectivity index (χ3v) is 5.53. The summed E-state index contributed by atoms with van der Waals surface area (Å²) in [5.74, 6) is 1.57. The lowest BCUT2D eigenvalue weighted by Gasteiger charge is -2.28. The van der Waals surface area contributed by atoms with Crippen LogP contribution in [0.3, 0.4) is 0 Å². The van der Waals surface area contributed by atoms with Crippen LogP contribution in [-0.2, 0) is 24.3 Å². The number of benzene rings is 1. The summed E-state index contributed by atoms with van der Waals surface area (Å²) in [4.78, 5) is 16.1. The molecule has 0 fully saturated rings. The van der Waals surface area contributed by atoms with E-state index in [0.29, 0.717) is 19.6 Å². The number of nitrogens with zero attached hydrogens (tertiary/aromatic N) is 1. The summed E-state index contributed by atoms with van der Waals surface area (Å²) in [6.45, 7) is 3.61. The average Bonchev–Trinajstić information content (AvgIpc) is 3.40. The predicted octanol–water partition coefficient (Wildman–Crippen LogP) is 4.10. The SMILES string of the molecule is COc1ccc(CN(CC(=O)NCc2ccco2)C(C)Cc2cccs2)cc1. The molecule has 2 heterocycles. The number of carbonyl (C=O) groups is 1. The molecule has 0 aliphatic carbocycles. The van der Waals surface area contributed by atoms with Crippen LogP contribution in [0.4, 0.5) is 0 Å². The van der Waals surface area contributed by atoms with Crippen molar-refractivity contribution in [2.45, 2.75) is 32.5 Å². The Labute approximate surface area is 169 Å². The smallest absolute Gasteiger partial charge is 0.234 e. The second-order valence-electron chi connectivity index (χ2n) is 6.74. The van der Waals surface area contributed by atoms with Crippen LogP contribution >= 0.6 is 11.3 Å². The minimum Gasteiger partial charge on any atom is -0.497 e. The first-order chi connectivity index (χ1) is 13.6. The van der Waals surface area contributed by atoms with Gasteiger partial charge in [0.1, 0.15) is 11.5 Å². The molecule has 0 bridgehead atoms. The molecule has 0 aliphatic heterocycles. The number of hydrogen-bond donors (Lipinski definition) is 1. The second kappa shape index (κ2) is 10.1. The molecule has 1 atom stereocenters. The molecule has 1 aromatic carbocycles. The standard InChI is InChI=1S/C22H26N2O3S/c1-17(13-21-6-4-12-28-21)24(15-18-7-9-19(26-2)10-8-18)16-22(25)23-14-20-5-3-11-27-20/h3-12,17H,13-16H2,1-2H3,(H,23,25). The molecule has 3 rings (SSSR count). The van der Waals surface area contributed by atoms with Gasteiger partial charge in [-0.3, -0.25) is 9.69 Å². The van der Waals surface area contributed by atoms with Crippen molar-refractivity contribution in [3.05, 3.63) is 76.4 Å². The maximum Gasteiger partial charge on any atom is 0.234 e. The van der Waals surface area contributed by atoms with Crippen molar-refractivity contribution in [2.75, 3.05) is 13.7 Å². The molecule has 0 saturated carbocycles. The van der Waals surface area contributed by atoms with Crippen molar-refractivity contribution in [3.8, 4) is 5.75 Å². The highest BCUT2D eigenvalue weighted by Crippen LogP contribution is 2.18. The van der Waals surface area contributed by atoms with Gasteiger partial charge in [-0.25, -0.2) is 0 Å². The molecule has 1 unspecified atom stereocenters. The number of ether oxygens (including phenoxy) is 1. The molecule has 1 N–H and O–H groups in total. The molecule has 28 heavy (non-hydrogen) atoms. The number of thiophene rings is 1. The van der Waals surface area contributed by atoms with Gasteiger partial charge in [-0.1, -0.05) is 18.2 Å². The van der Waals surface area contributed by atoms with Crippen molar-refractivity contribution in [2.24, 2.45) is 0 Å². The molecule has 0 saturated heterocycles. The van der Waals surface area contributed by atoms with E-state index >= 15 is 0 Å². The fraction of sp³-hybridized carbons (Fsp3) is 0.318. The maximum absolute atomic E-state index is 12.5. The first-order valence-electron chi connectivity index (χ1n) is 9.32. The minimum absolute atomic E-state index is 0.0112. The zero-order chi connectivity index (χ0) is 19.8. The zero-order valence-electron chi connectivity index (χ0n) is 16.3. The van der Waals surface area contributed by atoms with Gasteiger partial charge in [-0.05, 0) is 54.6 Å². The van der Waals surface area contributed by atoms with Crippen LogP contribution in [0.15, 0.2) is 64.6 Å². The molecule has 3 aromatic rings. The molecule has 2 aromatic heterocycles. The van der Waals surface area contributed by atoms with Crippen molar-refractivity contribution >= 4 is 17.2 Å². The Morgan fingerprint density at radius 2 is 2.04 bits per heavy atom. The number of nitrogens with one attached hydrogen (secondary N) is 1. The molecule has 0 aliphatic rings. The molecule has 1 amide bonds. The van der Waals surface area contributed by atoms with Crippen LogP contribution in [0, 0.1) is 0 Å². The van der Waals surface area contributed by atoms with Crippen molar-refractivity contribution in [3.63, 3.8) is 0 Å². The minimum atomic E-state index is -0.0112. The molecule has 0 radical (unpaired) electrons. The average molecular weight is 399 g/mol. The van der Waals surface area contributed by atoms with Gasteiger partial charge in [0.25, 0.3) is 0 Å². The van der Waals surface area contributed by atoms with Gasteiger partial charge in [0.05, 0.1) is 26.5 Å². The normalized spacial score (nSPS) is 12.1. The van der Waals surface area contributed by atoms with Crippen LogP contribution in [0.5, 0.6) is 5.75 Å². The van der Waals surface area contributed by atoms with Gasteiger partial charge < -0.3 is 14.5 Å². The first-order valence-corrected chi connectivity index (χ1v) is 10.2. The summed E-state index contributed by atoms with van der Waals surface area (Å²) in [6, 6.07) is 16.1. The quantitative estimate of drug-likeness (QED) is 0.559. The molecule has 148 valence electrons. The third-order valence-electron chi connectivity index (χ3n) is 4.63. The van der Waals surface area contributed by atoms with Gasteiger partial charge in [-0.2, -0.15) is 0 Å². The maximum atomic E-state index is 12.5. The van der Waals surface area contributed by atoms with Crippen molar-refractivity contribution < 1.29 is 13.9 Å². The lowest BCUT2D eigenvalue weighted by atomic mass is 10.1. The van der Waals surface area contributed by atoms with Gasteiger partial charge in [0, 0.05) is 17.5 Å². The number of hydrogen-bond acceptors (Lipinski definition) is 5. The number of furan rings is 1. The van der Waals surface area contributed by atoms with Gasteiger partial charge >= 0.3 is 0 Å². The van der Waals surface area contributed by atoms with Crippen LogP contribution in [0.1, 0.15) is 23.1 Å². The van der Waals surface area contributed by atoms with E-state index in [2.05, 4.69) is 34.7 Å². The summed E-state index contributed by atoms with van der Waals surface area (Å²) in [6.07, 6.45) is 2.53. The Kier molecular flexibility index (Phi) is 7.28. The highest BCUT2D eigenvalue weighted by Gasteiger charge is 2.19. The first kappa shape index (κ1) is 20.2. The largest absolute Gasteiger partial charge is 0.497 e. The van der Waals surface area contributed by atoms with Gasteiger partial charge in [0.2, 0.25) is 5.91 Å². The van der Waals surface area contributed by atoms with E-state index in [4.69, 9.17) is 9.15 Å². The zero-order valence-corrected chi connectivity index (χ0v) is 17.1. The second-order valence-corrected chi connectivity index (χ2v) is 7.77. The van der Waals surface area contributed by atoms with E-state index in [1.54, 1.807) is 24.7 Å². The van der Waals surface area contributed by atoms with Crippen molar-refractivity contribution in [1.29, 1.82) is 0 Å². The number of rotatable bonds is 10. The lowest BCUT2D eigenvalue weighted by Crippen LogP contribution is -2.42. The summed E-state index contributed by atoms with van der Waals surface area (Å²) >= 11 is 1.75.